The summed E-state index contributed by atoms with van der Waals surface area (Å²) < 4.78 is 31.8. The van der Waals surface area contributed by atoms with Crippen molar-refractivity contribution in [3.05, 3.63) is 29.8 Å². The molecule has 0 aliphatic heterocycles. The molecule has 0 aromatic heterocycles. The van der Waals surface area contributed by atoms with Crippen LogP contribution in [0.5, 0.6) is 5.75 Å². The van der Waals surface area contributed by atoms with Crippen LogP contribution < -0.4 is 15.2 Å². The van der Waals surface area contributed by atoms with Crippen LogP contribution in [-0.4, -0.2) is 39.3 Å². The van der Waals surface area contributed by atoms with Crippen LogP contribution in [0.4, 0.5) is 0 Å². The van der Waals surface area contributed by atoms with Gasteiger partial charge in [-0.3, -0.25) is 4.79 Å². The highest BCUT2D eigenvalue weighted by Gasteiger charge is 2.18. The zero-order valence-electron chi connectivity index (χ0n) is 10.8. The van der Waals surface area contributed by atoms with Gasteiger partial charge in [0.05, 0.1) is 13.7 Å². The molecular weight excluding hydrogens is 270 g/mol. The minimum absolute atomic E-state index is 0.158. The molecule has 0 unspecified atom stereocenters. The van der Waals surface area contributed by atoms with Gasteiger partial charge in [-0.15, -0.1) is 0 Å². The zero-order chi connectivity index (χ0) is 14.5. The number of rotatable bonds is 7. The van der Waals surface area contributed by atoms with Crippen LogP contribution in [0.2, 0.25) is 0 Å². The third-order valence-corrected chi connectivity index (χ3v) is 3.84. The molecule has 0 bridgehead atoms. The number of nitrogens with zero attached hydrogens (tertiary/aromatic N) is 1. The molecule has 0 saturated carbocycles. The molecular formula is C11H17N3O4S. The number of hydrogen-bond acceptors (Lipinski definition) is 4. The Morgan fingerprint density at radius 2 is 2.16 bits per heavy atom. The van der Waals surface area contributed by atoms with Crippen LogP contribution in [0.25, 0.3) is 0 Å². The molecule has 1 aromatic carbocycles. The molecule has 0 saturated heterocycles. The second kappa shape index (κ2) is 6.50. The van der Waals surface area contributed by atoms with Gasteiger partial charge in [0.2, 0.25) is 5.91 Å². The number of benzene rings is 1. The lowest BCUT2D eigenvalue weighted by atomic mass is 10.2. The van der Waals surface area contributed by atoms with Crippen LogP contribution in [0.15, 0.2) is 24.3 Å². The van der Waals surface area contributed by atoms with E-state index in [4.69, 9.17) is 10.5 Å². The van der Waals surface area contributed by atoms with Gasteiger partial charge in [0.15, 0.2) is 0 Å². The van der Waals surface area contributed by atoms with Gasteiger partial charge >= 0.3 is 0 Å². The van der Waals surface area contributed by atoms with E-state index in [0.717, 1.165) is 9.87 Å². The minimum Gasteiger partial charge on any atom is -0.497 e. The highest BCUT2D eigenvalue weighted by atomic mass is 32.2. The molecule has 0 heterocycles. The summed E-state index contributed by atoms with van der Waals surface area (Å²) in [6, 6.07) is 7.05. The van der Waals surface area contributed by atoms with E-state index in [-0.39, 0.29) is 6.54 Å². The quantitative estimate of drug-likeness (QED) is 0.702. The summed E-state index contributed by atoms with van der Waals surface area (Å²) in [4.78, 5) is 10.6. The summed E-state index contributed by atoms with van der Waals surface area (Å²) in [7, 11) is -0.790. The maximum absolute atomic E-state index is 11.8. The highest BCUT2D eigenvalue weighted by molar-refractivity contribution is 7.87. The van der Waals surface area contributed by atoms with E-state index >= 15 is 0 Å². The first kappa shape index (κ1) is 15.4. The molecule has 7 nitrogen and oxygen atoms in total. The van der Waals surface area contributed by atoms with Gasteiger partial charge in [0.1, 0.15) is 5.75 Å². The Bertz CT molecular complexity index is 545. The van der Waals surface area contributed by atoms with Gasteiger partial charge in [-0.05, 0) is 17.7 Å². The number of carbonyl (C=O) groups excluding carboxylic acids is 1. The number of hydrogen-bond donors (Lipinski definition) is 2. The molecule has 106 valence electrons. The Morgan fingerprint density at radius 3 is 2.74 bits per heavy atom. The van der Waals surface area contributed by atoms with E-state index in [1.165, 1.54) is 14.2 Å². The van der Waals surface area contributed by atoms with E-state index in [1.54, 1.807) is 24.3 Å². The predicted octanol–water partition coefficient (Wildman–Crippen LogP) is -0.553. The summed E-state index contributed by atoms with van der Waals surface area (Å²) >= 11 is 0. The summed E-state index contributed by atoms with van der Waals surface area (Å²) in [6.45, 7) is -0.268. The molecule has 1 rings (SSSR count). The fourth-order valence-corrected chi connectivity index (χ4v) is 2.25. The first-order valence-corrected chi connectivity index (χ1v) is 6.91. The Hall–Kier alpha value is -1.64. The fourth-order valence-electron chi connectivity index (χ4n) is 1.39. The van der Waals surface area contributed by atoms with Gasteiger partial charge in [0.25, 0.3) is 10.2 Å². The lowest BCUT2D eigenvalue weighted by Gasteiger charge is -2.17. The molecule has 3 N–H and O–H groups in total. The SMILES string of the molecule is COc1cccc(CN(C)S(=O)(=O)NCC(N)=O)c1. The lowest BCUT2D eigenvalue weighted by Crippen LogP contribution is -2.41. The van der Waals surface area contributed by atoms with Crippen LogP contribution >= 0.6 is 0 Å². The van der Waals surface area contributed by atoms with Crippen molar-refractivity contribution < 1.29 is 17.9 Å². The third-order valence-electron chi connectivity index (χ3n) is 2.38. The van der Waals surface area contributed by atoms with Crippen molar-refractivity contribution in [3.63, 3.8) is 0 Å². The van der Waals surface area contributed by atoms with E-state index in [9.17, 15) is 13.2 Å². The van der Waals surface area contributed by atoms with Crippen molar-refractivity contribution in [3.8, 4) is 5.75 Å². The first-order valence-electron chi connectivity index (χ1n) is 5.47. The molecule has 1 amide bonds. The fraction of sp³-hybridized carbons (Fsp3) is 0.364. The Kier molecular flexibility index (Phi) is 5.28. The van der Waals surface area contributed by atoms with Crippen molar-refractivity contribution in [1.29, 1.82) is 0 Å². The van der Waals surface area contributed by atoms with E-state index in [1.807, 2.05) is 0 Å². The van der Waals surface area contributed by atoms with Crippen LogP contribution in [0, 0.1) is 0 Å². The van der Waals surface area contributed by atoms with E-state index in [2.05, 4.69) is 4.72 Å². The van der Waals surface area contributed by atoms with E-state index < -0.39 is 22.7 Å². The molecule has 0 aliphatic carbocycles. The van der Waals surface area contributed by atoms with Gasteiger partial charge in [-0.2, -0.15) is 17.4 Å². The van der Waals surface area contributed by atoms with Crippen molar-refractivity contribution in [2.45, 2.75) is 6.54 Å². The second-order valence-electron chi connectivity index (χ2n) is 3.90. The average Bonchev–Trinajstić information content (AvgIpc) is 2.36. The normalized spacial score (nSPS) is 11.5. The third kappa shape index (κ3) is 4.86. The number of ether oxygens (including phenoxy) is 1. The Morgan fingerprint density at radius 1 is 1.47 bits per heavy atom. The van der Waals surface area contributed by atoms with Gasteiger partial charge < -0.3 is 10.5 Å². The molecule has 19 heavy (non-hydrogen) atoms. The lowest BCUT2D eigenvalue weighted by molar-refractivity contribution is -0.116. The average molecular weight is 287 g/mol. The topological polar surface area (TPSA) is 102 Å². The van der Waals surface area contributed by atoms with Gasteiger partial charge in [-0.1, -0.05) is 12.1 Å². The second-order valence-corrected chi connectivity index (χ2v) is 5.76. The van der Waals surface area contributed by atoms with Crippen molar-refractivity contribution >= 4 is 16.1 Å². The van der Waals surface area contributed by atoms with E-state index in [0.29, 0.717) is 5.75 Å². The first-order chi connectivity index (χ1) is 8.85. The van der Waals surface area contributed by atoms with Gasteiger partial charge in [-0.25, -0.2) is 0 Å². The standard InChI is InChI=1S/C11H17N3O4S/c1-14(19(16,17)13-7-11(12)15)8-9-4-3-5-10(6-9)18-2/h3-6,13H,7-8H2,1-2H3,(H2,12,15). The molecule has 8 heteroatoms. The van der Waals surface area contributed by atoms with Crippen molar-refractivity contribution in [2.24, 2.45) is 5.73 Å². The van der Waals surface area contributed by atoms with Gasteiger partial charge in [0, 0.05) is 13.6 Å². The number of nitrogens with two attached hydrogens (primary N) is 1. The van der Waals surface area contributed by atoms with Crippen molar-refractivity contribution in [1.82, 2.24) is 9.03 Å². The number of amides is 1. The zero-order valence-corrected chi connectivity index (χ0v) is 11.6. The maximum Gasteiger partial charge on any atom is 0.279 e. The summed E-state index contributed by atoms with van der Waals surface area (Å²) in [6.07, 6.45) is 0. The Labute approximate surface area is 112 Å². The molecule has 0 radical (unpaired) electrons. The van der Waals surface area contributed by atoms with Crippen LogP contribution in [0.1, 0.15) is 5.56 Å². The number of nitrogens with one attached hydrogen (secondary N) is 1. The Balaban J connectivity index is 2.72. The summed E-state index contributed by atoms with van der Waals surface area (Å²) in [5.41, 5.74) is 5.66. The summed E-state index contributed by atoms with van der Waals surface area (Å²) in [5.74, 6) is -0.0910. The maximum atomic E-state index is 11.8. The molecule has 0 atom stereocenters. The largest absolute Gasteiger partial charge is 0.497 e. The predicted molar refractivity (Wildman–Crippen MR) is 70.6 cm³/mol. The number of carbonyl (C=O) groups is 1. The smallest absolute Gasteiger partial charge is 0.279 e. The minimum atomic E-state index is -3.73. The van der Waals surface area contributed by atoms with Crippen LogP contribution in [-0.2, 0) is 21.5 Å². The molecule has 0 fully saturated rings. The molecule has 1 aromatic rings. The monoisotopic (exact) mass is 287 g/mol. The number of methoxy groups -OCH3 is 1. The van der Waals surface area contributed by atoms with Crippen molar-refractivity contribution in [2.75, 3.05) is 20.7 Å². The molecule has 0 spiro atoms. The number of primary amides is 1. The highest BCUT2D eigenvalue weighted by Crippen LogP contribution is 2.14. The summed E-state index contributed by atoms with van der Waals surface area (Å²) in [5, 5.41) is 0. The molecule has 0 aliphatic rings. The van der Waals surface area contributed by atoms with Crippen LogP contribution in [0.3, 0.4) is 0 Å².